The van der Waals surface area contributed by atoms with Gasteiger partial charge in [-0.05, 0) is 6.92 Å². The number of nitrogens with two attached hydrogens (primary N) is 1. The molecule has 0 aromatic rings. The van der Waals surface area contributed by atoms with E-state index in [0.717, 1.165) is 4.90 Å². The third kappa shape index (κ3) is 3.60. The van der Waals surface area contributed by atoms with E-state index < -0.39 is 17.9 Å². The molecule has 2 atom stereocenters. The molecule has 0 aromatic heterocycles. The highest BCUT2D eigenvalue weighted by Gasteiger charge is 2.42. The Kier molecular flexibility index (Phi) is 5.17. The number of imide groups is 1. The van der Waals surface area contributed by atoms with Gasteiger partial charge in [0.1, 0.15) is 11.8 Å². The Balaban J connectivity index is 2.66. The molecule has 3 amide bonds. The summed E-state index contributed by atoms with van der Waals surface area (Å²) in [6, 6.07) is -0.989. The van der Waals surface area contributed by atoms with Gasteiger partial charge in [0.05, 0.1) is 0 Å². The van der Waals surface area contributed by atoms with Crippen LogP contribution in [0, 0.1) is 5.92 Å². The van der Waals surface area contributed by atoms with Crippen molar-refractivity contribution in [1.82, 2.24) is 10.2 Å². The minimum absolute atomic E-state index is 0.0495. The molecule has 1 aliphatic heterocycles. The van der Waals surface area contributed by atoms with Crippen molar-refractivity contribution in [2.75, 3.05) is 13.1 Å². The minimum Gasteiger partial charge on any atom is -0.354 e. The van der Waals surface area contributed by atoms with Crippen LogP contribution >= 0.6 is 0 Å². The van der Waals surface area contributed by atoms with Crippen molar-refractivity contribution in [2.24, 2.45) is 11.7 Å². The van der Waals surface area contributed by atoms with Crippen LogP contribution in [0.4, 0.5) is 0 Å². The van der Waals surface area contributed by atoms with Crippen LogP contribution in [0.25, 0.3) is 0 Å². The lowest BCUT2D eigenvalue weighted by Crippen LogP contribution is -2.53. The van der Waals surface area contributed by atoms with Crippen molar-refractivity contribution in [1.29, 1.82) is 0 Å². The topological polar surface area (TPSA) is 110 Å². The van der Waals surface area contributed by atoms with Crippen LogP contribution in [-0.2, 0) is 19.2 Å². The maximum Gasteiger partial charge on any atom is 0.244 e. The van der Waals surface area contributed by atoms with E-state index in [9.17, 15) is 19.2 Å². The zero-order valence-electron chi connectivity index (χ0n) is 11.1. The summed E-state index contributed by atoms with van der Waals surface area (Å²) in [4.78, 5) is 47.1. The van der Waals surface area contributed by atoms with E-state index in [1.807, 2.05) is 0 Å². The summed E-state index contributed by atoms with van der Waals surface area (Å²) in [6.45, 7) is 3.11. The first-order chi connectivity index (χ1) is 8.88. The molecule has 1 aliphatic rings. The molecule has 106 valence electrons. The Hall–Kier alpha value is -1.76. The van der Waals surface area contributed by atoms with Crippen molar-refractivity contribution in [2.45, 2.75) is 32.7 Å². The van der Waals surface area contributed by atoms with E-state index in [0.29, 0.717) is 0 Å². The summed E-state index contributed by atoms with van der Waals surface area (Å²) < 4.78 is 0. The molecule has 0 bridgehead atoms. The zero-order chi connectivity index (χ0) is 14.6. The molecule has 0 spiro atoms. The monoisotopic (exact) mass is 269 g/mol. The molecule has 3 N–H and O–H groups in total. The Morgan fingerprint density at radius 2 is 2.11 bits per heavy atom. The molecule has 1 heterocycles. The van der Waals surface area contributed by atoms with Gasteiger partial charge in [-0.25, -0.2) is 0 Å². The second-order valence-corrected chi connectivity index (χ2v) is 4.70. The standard InChI is InChI=1S/C12H19N3O4/c1-7-5-10(17)15(12(7)19)9(6-13)11(18)14-4-3-8(2)16/h7,9H,3-6,13H2,1-2H3,(H,14,18)/t7?,9-/m0/s1. The average Bonchev–Trinajstić information content (AvgIpc) is 2.56. The first kappa shape index (κ1) is 15.3. The molecular weight excluding hydrogens is 250 g/mol. The third-order valence-corrected chi connectivity index (χ3v) is 3.02. The molecule has 1 fully saturated rings. The van der Waals surface area contributed by atoms with Crippen molar-refractivity contribution in [3.8, 4) is 0 Å². The second-order valence-electron chi connectivity index (χ2n) is 4.70. The number of carbonyl (C=O) groups excluding carboxylic acids is 4. The van der Waals surface area contributed by atoms with Crippen LogP contribution in [0.1, 0.15) is 26.7 Å². The maximum atomic E-state index is 11.9. The number of nitrogens with zero attached hydrogens (tertiary/aromatic N) is 1. The Labute approximate surface area is 111 Å². The van der Waals surface area contributed by atoms with E-state index in [2.05, 4.69) is 5.32 Å². The summed E-state index contributed by atoms with van der Waals surface area (Å²) in [6.07, 6.45) is 0.317. The van der Waals surface area contributed by atoms with Gasteiger partial charge in [0.2, 0.25) is 17.7 Å². The molecule has 7 nitrogen and oxygen atoms in total. The van der Waals surface area contributed by atoms with E-state index >= 15 is 0 Å². The van der Waals surface area contributed by atoms with Gasteiger partial charge in [-0.15, -0.1) is 0 Å². The predicted molar refractivity (Wildman–Crippen MR) is 66.8 cm³/mol. The maximum absolute atomic E-state index is 11.9. The smallest absolute Gasteiger partial charge is 0.244 e. The highest BCUT2D eigenvalue weighted by Crippen LogP contribution is 2.21. The highest BCUT2D eigenvalue weighted by atomic mass is 16.2. The van der Waals surface area contributed by atoms with Crippen LogP contribution in [0.15, 0.2) is 0 Å². The first-order valence-electron chi connectivity index (χ1n) is 6.21. The number of hydrogen-bond donors (Lipinski definition) is 2. The SMILES string of the molecule is CC(=O)CCNC(=O)[C@H](CN)N1C(=O)CC(C)C1=O. The fourth-order valence-corrected chi connectivity index (χ4v) is 1.94. The predicted octanol–water partition coefficient (Wildman–Crippen LogP) is -1.20. The van der Waals surface area contributed by atoms with Gasteiger partial charge in [0.25, 0.3) is 0 Å². The number of carbonyl (C=O) groups is 4. The molecule has 0 aliphatic carbocycles. The molecule has 1 rings (SSSR count). The average molecular weight is 269 g/mol. The summed E-state index contributed by atoms with van der Waals surface area (Å²) in [5, 5.41) is 2.51. The van der Waals surface area contributed by atoms with Gasteiger partial charge >= 0.3 is 0 Å². The third-order valence-electron chi connectivity index (χ3n) is 3.02. The molecule has 0 radical (unpaired) electrons. The summed E-state index contributed by atoms with van der Waals surface area (Å²) in [5.41, 5.74) is 5.48. The first-order valence-corrected chi connectivity index (χ1v) is 6.21. The van der Waals surface area contributed by atoms with Crippen LogP contribution in [0.2, 0.25) is 0 Å². The Morgan fingerprint density at radius 1 is 1.47 bits per heavy atom. The van der Waals surface area contributed by atoms with Crippen LogP contribution in [-0.4, -0.2) is 47.5 Å². The van der Waals surface area contributed by atoms with Gasteiger partial charge in [-0.2, -0.15) is 0 Å². The molecule has 19 heavy (non-hydrogen) atoms. The normalized spacial score (nSPS) is 20.6. The van der Waals surface area contributed by atoms with Gasteiger partial charge in [-0.1, -0.05) is 6.92 Å². The summed E-state index contributed by atoms with van der Waals surface area (Å²) in [7, 11) is 0. The van der Waals surface area contributed by atoms with Crippen molar-refractivity contribution in [3.63, 3.8) is 0 Å². The Bertz CT molecular complexity index is 408. The molecule has 0 saturated carbocycles. The van der Waals surface area contributed by atoms with Crippen molar-refractivity contribution < 1.29 is 19.2 Å². The fourth-order valence-electron chi connectivity index (χ4n) is 1.94. The summed E-state index contributed by atoms with van der Waals surface area (Å²) in [5.74, 6) is -1.71. The number of nitrogens with one attached hydrogen (secondary N) is 1. The number of hydrogen-bond acceptors (Lipinski definition) is 5. The van der Waals surface area contributed by atoms with Crippen LogP contribution in [0.5, 0.6) is 0 Å². The highest BCUT2D eigenvalue weighted by molar-refractivity contribution is 6.06. The number of ketones is 1. The second kappa shape index (κ2) is 6.42. The van der Waals surface area contributed by atoms with Crippen LogP contribution < -0.4 is 11.1 Å². The van der Waals surface area contributed by atoms with Gasteiger partial charge < -0.3 is 11.1 Å². The largest absolute Gasteiger partial charge is 0.354 e. The zero-order valence-corrected chi connectivity index (χ0v) is 11.1. The molecule has 1 unspecified atom stereocenters. The molecule has 0 aromatic carbocycles. The van der Waals surface area contributed by atoms with E-state index in [-0.39, 0.29) is 43.5 Å². The number of likely N-dealkylation sites (tertiary alicyclic amines) is 1. The lowest BCUT2D eigenvalue weighted by molar-refractivity contribution is -0.147. The lowest BCUT2D eigenvalue weighted by Gasteiger charge is -2.24. The summed E-state index contributed by atoms with van der Waals surface area (Å²) >= 11 is 0. The quantitative estimate of drug-likeness (QED) is 0.589. The fraction of sp³-hybridized carbons (Fsp3) is 0.667. The van der Waals surface area contributed by atoms with Gasteiger partial charge in [0.15, 0.2) is 0 Å². The number of Topliss-reactive ketones (excluding diaryl/α,β-unsaturated/α-hetero) is 1. The molecule has 7 heteroatoms. The molecular formula is C12H19N3O4. The van der Waals surface area contributed by atoms with E-state index in [1.165, 1.54) is 6.92 Å². The number of rotatable bonds is 6. The van der Waals surface area contributed by atoms with Crippen molar-refractivity contribution in [3.05, 3.63) is 0 Å². The minimum atomic E-state index is -0.989. The number of amides is 3. The van der Waals surface area contributed by atoms with Crippen LogP contribution in [0.3, 0.4) is 0 Å². The Morgan fingerprint density at radius 3 is 2.53 bits per heavy atom. The lowest BCUT2D eigenvalue weighted by atomic mass is 10.1. The van der Waals surface area contributed by atoms with E-state index in [1.54, 1.807) is 6.92 Å². The van der Waals surface area contributed by atoms with Gasteiger partial charge in [-0.3, -0.25) is 24.1 Å². The van der Waals surface area contributed by atoms with Gasteiger partial charge in [0, 0.05) is 31.8 Å². The van der Waals surface area contributed by atoms with E-state index in [4.69, 9.17) is 5.73 Å². The van der Waals surface area contributed by atoms with Crippen molar-refractivity contribution >= 4 is 23.5 Å². The molecule has 1 saturated heterocycles.